The van der Waals surface area contributed by atoms with Crippen LogP contribution in [-0.4, -0.2) is 0 Å². The van der Waals surface area contributed by atoms with Gasteiger partial charge in [0.05, 0.1) is 16.5 Å². The summed E-state index contributed by atoms with van der Waals surface area (Å²) in [5.41, 5.74) is 24.8. The lowest BCUT2D eigenvalue weighted by Crippen LogP contribution is -2.32. The van der Waals surface area contributed by atoms with Crippen molar-refractivity contribution in [3.8, 4) is 55.6 Å². The summed E-state index contributed by atoms with van der Waals surface area (Å²) in [6, 6.07) is 107. The molecular formula is C72H47N. The summed E-state index contributed by atoms with van der Waals surface area (Å²) in [4.78, 5) is 2.55. The second kappa shape index (κ2) is 16.1. The molecule has 0 aromatic heterocycles. The Morgan fingerprint density at radius 1 is 0.247 bits per heavy atom. The average Bonchev–Trinajstić information content (AvgIpc) is 3.94. The second-order valence-corrected chi connectivity index (χ2v) is 19.8. The number of benzene rings is 12. The van der Waals surface area contributed by atoms with Crippen molar-refractivity contribution in [2.45, 2.75) is 10.8 Å². The van der Waals surface area contributed by atoms with Gasteiger partial charge in [-0.3, -0.25) is 0 Å². The minimum Gasteiger partial charge on any atom is -0.310 e. The lowest BCUT2D eigenvalue weighted by atomic mass is 9.60. The fraction of sp³-hybridized carbons (Fsp3) is 0.0278. The normalized spacial score (nSPS) is 15.0. The zero-order chi connectivity index (χ0) is 48.1. The van der Waals surface area contributed by atoms with Crippen molar-refractivity contribution >= 4 is 27.8 Å². The fourth-order valence-corrected chi connectivity index (χ4v) is 13.5. The smallest absolute Gasteiger partial charge is 0.0732 e. The molecule has 1 spiro atoms. The van der Waals surface area contributed by atoms with E-state index >= 15 is 0 Å². The third-order valence-electron chi connectivity index (χ3n) is 16.3. The molecule has 12 aromatic rings. The van der Waals surface area contributed by atoms with Crippen molar-refractivity contribution in [1.82, 2.24) is 0 Å². The topological polar surface area (TPSA) is 3.24 Å². The van der Waals surface area contributed by atoms with Crippen molar-refractivity contribution in [3.05, 3.63) is 330 Å². The molecule has 1 nitrogen and oxygen atoms in total. The quantitative estimate of drug-likeness (QED) is 0.154. The van der Waals surface area contributed by atoms with Crippen LogP contribution in [0.15, 0.2) is 285 Å². The van der Waals surface area contributed by atoms with Crippen LogP contribution >= 0.6 is 0 Å². The summed E-state index contributed by atoms with van der Waals surface area (Å²) in [7, 11) is 0. The monoisotopic (exact) mass is 925 g/mol. The molecule has 73 heavy (non-hydrogen) atoms. The first kappa shape index (κ1) is 41.5. The van der Waals surface area contributed by atoms with Gasteiger partial charge in [-0.05, 0) is 136 Å². The number of hydrogen-bond acceptors (Lipinski definition) is 1. The molecule has 15 rings (SSSR count). The number of rotatable bonds is 7. The number of fused-ring (bicyclic) bond motifs is 12. The molecule has 0 saturated heterocycles. The molecule has 1 heteroatoms. The second-order valence-electron chi connectivity index (χ2n) is 19.8. The SMILES string of the molecule is c1ccc(-c2ccccc2N(c2ccc3c(c2)C(c2ccccc2)(c2ccccc2)c2ccccc2-3)c2ccc3c(c2)C2(c4ccccc4-3)c3ccccc3-c3cccc4ccc(-c5ccccc5)c2c34)cc1. The van der Waals surface area contributed by atoms with Crippen LogP contribution in [0.3, 0.4) is 0 Å². The van der Waals surface area contributed by atoms with Crippen LogP contribution in [0.5, 0.6) is 0 Å². The number of anilines is 3. The first-order valence-electron chi connectivity index (χ1n) is 25.5. The lowest BCUT2D eigenvalue weighted by Gasteiger charge is -2.42. The molecule has 1 atom stereocenters. The molecule has 340 valence electrons. The van der Waals surface area contributed by atoms with Crippen LogP contribution < -0.4 is 4.90 Å². The number of para-hydroxylation sites is 1. The van der Waals surface area contributed by atoms with E-state index in [1.807, 2.05) is 0 Å². The maximum Gasteiger partial charge on any atom is 0.0732 e. The van der Waals surface area contributed by atoms with Gasteiger partial charge in [-0.1, -0.05) is 255 Å². The molecule has 0 N–H and O–H groups in total. The summed E-state index contributed by atoms with van der Waals surface area (Å²) in [6.45, 7) is 0. The summed E-state index contributed by atoms with van der Waals surface area (Å²) >= 11 is 0. The first-order chi connectivity index (χ1) is 36.2. The highest BCUT2D eigenvalue weighted by Crippen LogP contribution is 2.65. The standard InChI is InChI=1S/C72H47N/c1-5-22-48(23-6-1)55-31-16-20-39-68(55)73(53-41-44-60-57-32-13-17-36-63(57)71(66(60)46-53,51-27-9-3-10-28-51)52-29-11-4-12-30-52)54-42-45-61-58-33-14-18-37-64(58)72(67(61)47-54)65-38-19-15-34-59(65)62-35-21-26-50-40-43-56(70(72)69(50)62)49-24-7-2-8-25-49/h1-47H. The van der Waals surface area contributed by atoms with Gasteiger partial charge in [0.2, 0.25) is 0 Å². The highest BCUT2D eigenvalue weighted by atomic mass is 15.1. The zero-order valence-electron chi connectivity index (χ0n) is 40.1. The van der Waals surface area contributed by atoms with Crippen molar-refractivity contribution in [3.63, 3.8) is 0 Å². The Hall–Kier alpha value is -9.30. The Kier molecular flexibility index (Phi) is 9.16. The molecule has 1 unspecified atom stereocenters. The van der Waals surface area contributed by atoms with Gasteiger partial charge in [0, 0.05) is 16.9 Å². The van der Waals surface area contributed by atoms with E-state index in [-0.39, 0.29) is 0 Å². The molecule has 0 fully saturated rings. The third-order valence-corrected chi connectivity index (χ3v) is 16.3. The van der Waals surface area contributed by atoms with Crippen LogP contribution in [0.1, 0.15) is 44.5 Å². The van der Waals surface area contributed by atoms with Crippen LogP contribution in [0.25, 0.3) is 66.4 Å². The highest BCUT2D eigenvalue weighted by Gasteiger charge is 2.52. The van der Waals surface area contributed by atoms with Gasteiger partial charge in [-0.25, -0.2) is 0 Å². The predicted molar refractivity (Wildman–Crippen MR) is 303 cm³/mol. The lowest BCUT2D eigenvalue weighted by molar-refractivity contribution is 0.768. The third kappa shape index (κ3) is 5.79. The van der Waals surface area contributed by atoms with E-state index < -0.39 is 10.8 Å². The summed E-state index contributed by atoms with van der Waals surface area (Å²) < 4.78 is 0. The average molecular weight is 926 g/mol. The Bertz CT molecular complexity index is 4100. The largest absolute Gasteiger partial charge is 0.310 e. The molecule has 0 aliphatic heterocycles. The van der Waals surface area contributed by atoms with E-state index in [2.05, 4.69) is 290 Å². The van der Waals surface area contributed by atoms with Gasteiger partial charge in [0.1, 0.15) is 0 Å². The molecule has 0 amide bonds. The Morgan fingerprint density at radius 2 is 0.644 bits per heavy atom. The van der Waals surface area contributed by atoms with E-state index in [0.29, 0.717) is 0 Å². The molecule has 3 aliphatic carbocycles. The van der Waals surface area contributed by atoms with Crippen LogP contribution in [0.4, 0.5) is 17.1 Å². The van der Waals surface area contributed by atoms with E-state index in [9.17, 15) is 0 Å². The van der Waals surface area contributed by atoms with Crippen LogP contribution in [0.2, 0.25) is 0 Å². The van der Waals surface area contributed by atoms with E-state index in [1.165, 1.54) is 105 Å². The van der Waals surface area contributed by atoms with E-state index in [1.54, 1.807) is 0 Å². The summed E-state index contributed by atoms with van der Waals surface area (Å²) in [6.07, 6.45) is 0. The molecule has 0 bridgehead atoms. The van der Waals surface area contributed by atoms with Crippen molar-refractivity contribution < 1.29 is 0 Å². The molecule has 0 radical (unpaired) electrons. The molecule has 0 saturated carbocycles. The van der Waals surface area contributed by atoms with Gasteiger partial charge in [0.15, 0.2) is 0 Å². The highest BCUT2D eigenvalue weighted by molar-refractivity contribution is 6.10. The van der Waals surface area contributed by atoms with Gasteiger partial charge >= 0.3 is 0 Å². The van der Waals surface area contributed by atoms with Gasteiger partial charge in [0.25, 0.3) is 0 Å². The van der Waals surface area contributed by atoms with Gasteiger partial charge in [-0.15, -0.1) is 0 Å². The minimum atomic E-state index is -0.655. The van der Waals surface area contributed by atoms with Crippen LogP contribution in [0, 0.1) is 0 Å². The maximum absolute atomic E-state index is 2.55. The zero-order valence-corrected chi connectivity index (χ0v) is 40.1. The first-order valence-corrected chi connectivity index (χ1v) is 25.5. The number of nitrogens with zero attached hydrogens (tertiary/aromatic N) is 1. The van der Waals surface area contributed by atoms with Gasteiger partial charge in [-0.2, -0.15) is 0 Å². The predicted octanol–water partition coefficient (Wildman–Crippen LogP) is 18.4. The van der Waals surface area contributed by atoms with Crippen molar-refractivity contribution in [2.24, 2.45) is 0 Å². The maximum atomic E-state index is 2.55. The summed E-state index contributed by atoms with van der Waals surface area (Å²) in [5, 5.41) is 2.57. The molecule has 12 aromatic carbocycles. The van der Waals surface area contributed by atoms with Gasteiger partial charge < -0.3 is 4.90 Å². The fourth-order valence-electron chi connectivity index (χ4n) is 13.5. The number of hydrogen-bond donors (Lipinski definition) is 0. The Morgan fingerprint density at radius 3 is 1.21 bits per heavy atom. The summed E-state index contributed by atoms with van der Waals surface area (Å²) in [5.74, 6) is 0. The molecule has 0 heterocycles. The molecular weight excluding hydrogens is 879 g/mol. The van der Waals surface area contributed by atoms with E-state index in [4.69, 9.17) is 0 Å². The minimum absolute atomic E-state index is 0.565. The van der Waals surface area contributed by atoms with Crippen molar-refractivity contribution in [1.29, 1.82) is 0 Å². The van der Waals surface area contributed by atoms with E-state index in [0.717, 1.165) is 22.6 Å². The van der Waals surface area contributed by atoms with Crippen LogP contribution in [-0.2, 0) is 10.8 Å². The Balaban J connectivity index is 1.06. The molecule has 3 aliphatic rings. The Labute approximate surface area is 426 Å². The van der Waals surface area contributed by atoms with Crippen molar-refractivity contribution in [2.75, 3.05) is 4.90 Å².